The highest BCUT2D eigenvalue weighted by Crippen LogP contribution is 2.43. The van der Waals surface area contributed by atoms with Crippen LogP contribution in [0.15, 0.2) is 48.5 Å². The molecule has 2 aromatic carbocycles. The third-order valence-corrected chi connectivity index (χ3v) is 6.88. The van der Waals surface area contributed by atoms with Gasteiger partial charge in [-0.2, -0.15) is 0 Å². The number of hydrogen-bond donors (Lipinski definition) is 1. The third kappa shape index (κ3) is 4.77. The first-order chi connectivity index (χ1) is 11.7. The molecule has 0 bridgehead atoms. The topological polar surface area (TPSA) is 29.1 Å². The Hall–Kier alpha value is -1.46. The minimum Gasteiger partial charge on any atom is -0.352 e. The van der Waals surface area contributed by atoms with Gasteiger partial charge in [-0.3, -0.25) is 4.79 Å². The minimum atomic E-state index is -0.243. The lowest BCUT2D eigenvalue weighted by molar-refractivity contribution is 0.0954. The van der Waals surface area contributed by atoms with Gasteiger partial charge >= 0.3 is 0 Å². The van der Waals surface area contributed by atoms with Gasteiger partial charge in [-0.05, 0) is 59.7 Å². The maximum Gasteiger partial charge on any atom is 0.251 e. The summed E-state index contributed by atoms with van der Waals surface area (Å²) in [5.41, 5.74) is 2.84. The molecule has 1 aliphatic rings. The highest BCUT2D eigenvalue weighted by atomic mass is 32.2. The van der Waals surface area contributed by atoms with Gasteiger partial charge in [0, 0.05) is 12.1 Å². The number of carbonyl (C=O) groups is 1. The van der Waals surface area contributed by atoms with Crippen molar-refractivity contribution in [2.24, 2.45) is 0 Å². The minimum absolute atomic E-state index is 0.0816. The van der Waals surface area contributed by atoms with Crippen LogP contribution in [0, 0.1) is 5.82 Å². The molecule has 1 N–H and O–H groups in total. The first kappa shape index (κ1) is 17.4. The maximum atomic E-state index is 13.1. The summed E-state index contributed by atoms with van der Waals surface area (Å²) in [4.78, 5) is 12.2. The zero-order chi connectivity index (χ0) is 16.8. The fourth-order valence-electron chi connectivity index (χ4n) is 2.59. The smallest absolute Gasteiger partial charge is 0.251 e. The van der Waals surface area contributed by atoms with Crippen LogP contribution in [0.2, 0.25) is 0 Å². The molecule has 5 heteroatoms. The number of halogens is 1. The van der Waals surface area contributed by atoms with Crippen molar-refractivity contribution in [2.75, 3.05) is 18.1 Å². The van der Waals surface area contributed by atoms with Crippen LogP contribution in [0.3, 0.4) is 0 Å². The maximum absolute atomic E-state index is 13.1. The lowest BCUT2D eigenvalue weighted by Crippen LogP contribution is -2.25. The van der Waals surface area contributed by atoms with Gasteiger partial charge in [0.25, 0.3) is 5.91 Å². The molecule has 0 saturated carbocycles. The van der Waals surface area contributed by atoms with Crippen molar-refractivity contribution in [3.05, 3.63) is 71.0 Å². The Morgan fingerprint density at radius 3 is 2.58 bits per heavy atom. The summed E-state index contributed by atoms with van der Waals surface area (Å²) >= 11 is 3.95. The van der Waals surface area contributed by atoms with Crippen molar-refractivity contribution in [1.82, 2.24) is 5.32 Å². The summed E-state index contributed by atoms with van der Waals surface area (Å²) in [7, 11) is 0. The van der Waals surface area contributed by atoms with Crippen molar-refractivity contribution in [2.45, 2.75) is 17.4 Å². The SMILES string of the molecule is O=C(NCCc1cccc(F)c1)c1ccc(C2SCCCS2)cc1. The van der Waals surface area contributed by atoms with Crippen molar-refractivity contribution >= 4 is 29.4 Å². The van der Waals surface area contributed by atoms with E-state index in [0.29, 0.717) is 23.1 Å². The second kappa shape index (κ2) is 8.58. The van der Waals surface area contributed by atoms with Crippen LogP contribution in [-0.4, -0.2) is 24.0 Å². The second-order valence-electron chi connectivity index (χ2n) is 5.68. The zero-order valence-corrected chi connectivity index (χ0v) is 15.0. The average molecular weight is 362 g/mol. The van der Waals surface area contributed by atoms with E-state index in [1.807, 2.05) is 41.7 Å². The first-order valence-corrected chi connectivity index (χ1v) is 10.2. The van der Waals surface area contributed by atoms with Gasteiger partial charge in [-0.15, -0.1) is 23.5 Å². The summed E-state index contributed by atoms with van der Waals surface area (Å²) in [6.45, 7) is 0.498. The van der Waals surface area contributed by atoms with Gasteiger partial charge < -0.3 is 5.32 Å². The molecule has 0 atom stereocenters. The largest absolute Gasteiger partial charge is 0.352 e. The monoisotopic (exact) mass is 361 g/mol. The van der Waals surface area contributed by atoms with Gasteiger partial charge in [-0.1, -0.05) is 24.3 Å². The summed E-state index contributed by atoms with van der Waals surface area (Å²) in [5.74, 6) is 2.09. The molecule has 0 aromatic heterocycles. The summed E-state index contributed by atoms with van der Waals surface area (Å²) in [6, 6.07) is 14.4. The van der Waals surface area contributed by atoms with Crippen LogP contribution >= 0.6 is 23.5 Å². The molecule has 126 valence electrons. The zero-order valence-electron chi connectivity index (χ0n) is 13.3. The molecule has 1 saturated heterocycles. The molecule has 1 aliphatic heterocycles. The fourth-order valence-corrected chi connectivity index (χ4v) is 5.48. The van der Waals surface area contributed by atoms with E-state index in [1.54, 1.807) is 6.07 Å². The number of amides is 1. The molecule has 1 fully saturated rings. The molecule has 0 spiro atoms. The van der Waals surface area contributed by atoms with E-state index in [4.69, 9.17) is 0 Å². The summed E-state index contributed by atoms with van der Waals surface area (Å²) in [5, 5.41) is 2.89. The van der Waals surface area contributed by atoms with Crippen LogP contribution < -0.4 is 5.32 Å². The van der Waals surface area contributed by atoms with E-state index in [9.17, 15) is 9.18 Å². The Bertz CT molecular complexity index is 684. The van der Waals surface area contributed by atoms with E-state index in [-0.39, 0.29) is 11.7 Å². The summed E-state index contributed by atoms with van der Waals surface area (Å²) < 4.78 is 13.6. The highest BCUT2D eigenvalue weighted by molar-refractivity contribution is 8.16. The number of nitrogens with one attached hydrogen (secondary N) is 1. The highest BCUT2D eigenvalue weighted by Gasteiger charge is 2.16. The molecular weight excluding hydrogens is 341 g/mol. The molecule has 1 amide bonds. The second-order valence-corrected chi connectivity index (χ2v) is 8.41. The first-order valence-electron chi connectivity index (χ1n) is 8.08. The van der Waals surface area contributed by atoms with Crippen LogP contribution in [0.1, 0.15) is 32.5 Å². The predicted octanol–water partition coefficient (Wildman–Crippen LogP) is 4.67. The molecule has 0 radical (unpaired) electrons. The van der Waals surface area contributed by atoms with Gasteiger partial charge in [-0.25, -0.2) is 4.39 Å². The van der Waals surface area contributed by atoms with Crippen molar-refractivity contribution in [1.29, 1.82) is 0 Å². The normalized spacial score (nSPS) is 15.2. The lowest BCUT2D eigenvalue weighted by atomic mass is 10.1. The van der Waals surface area contributed by atoms with Crippen molar-refractivity contribution in [3.8, 4) is 0 Å². The van der Waals surface area contributed by atoms with Gasteiger partial charge in [0.05, 0.1) is 4.58 Å². The molecule has 0 aliphatic carbocycles. The van der Waals surface area contributed by atoms with E-state index >= 15 is 0 Å². The Morgan fingerprint density at radius 2 is 1.88 bits per heavy atom. The number of benzene rings is 2. The van der Waals surface area contributed by atoms with E-state index < -0.39 is 0 Å². The molecule has 2 aromatic rings. The average Bonchev–Trinajstić information content (AvgIpc) is 2.63. The Balaban J connectivity index is 1.51. The standard InChI is InChI=1S/C19H20FNOS2/c20-17-4-1-3-14(13-17)9-10-21-18(22)15-5-7-16(8-6-15)19-23-11-2-12-24-19/h1,3-8,13,19H,2,9-12H2,(H,21,22). The van der Waals surface area contributed by atoms with Crippen LogP contribution in [0.25, 0.3) is 0 Å². The van der Waals surface area contributed by atoms with Gasteiger partial charge in [0.2, 0.25) is 0 Å². The molecule has 3 rings (SSSR count). The van der Waals surface area contributed by atoms with Crippen molar-refractivity contribution < 1.29 is 9.18 Å². The number of thioether (sulfide) groups is 2. The molecule has 24 heavy (non-hydrogen) atoms. The molecule has 0 unspecified atom stereocenters. The van der Waals surface area contributed by atoms with E-state index in [0.717, 1.165) is 5.56 Å². The molecule has 2 nitrogen and oxygen atoms in total. The third-order valence-electron chi connectivity index (χ3n) is 3.86. The summed E-state index contributed by atoms with van der Waals surface area (Å²) in [6.07, 6.45) is 1.90. The Labute approximate surface area is 150 Å². The predicted molar refractivity (Wildman–Crippen MR) is 101 cm³/mol. The van der Waals surface area contributed by atoms with Crippen LogP contribution in [0.4, 0.5) is 4.39 Å². The quantitative estimate of drug-likeness (QED) is 0.839. The van der Waals surface area contributed by atoms with E-state index in [2.05, 4.69) is 17.4 Å². The number of carbonyl (C=O) groups excluding carboxylic acids is 1. The number of rotatable bonds is 5. The van der Waals surface area contributed by atoms with Crippen molar-refractivity contribution in [3.63, 3.8) is 0 Å². The lowest BCUT2D eigenvalue weighted by Gasteiger charge is -2.21. The molecular formula is C19H20FNOS2. The van der Waals surface area contributed by atoms with Gasteiger partial charge in [0.1, 0.15) is 5.82 Å². The van der Waals surface area contributed by atoms with Gasteiger partial charge in [0.15, 0.2) is 0 Å². The van der Waals surface area contributed by atoms with Crippen LogP contribution in [-0.2, 0) is 6.42 Å². The molecule has 1 heterocycles. The van der Waals surface area contributed by atoms with E-state index in [1.165, 1.54) is 35.6 Å². The Morgan fingerprint density at radius 1 is 1.12 bits per heavy atom. The number of hydrogen-bond acceptors (Lipinski definition) is 3. The van der Waals surface area contributed by atoms with Crippen LogP contribution in [0.5, 0.6) is 0 Å². The Kier molecular flexibility index (Phi) is 6.21. The fraction of sp³-hybridized carbons (Fsp3) is 0.316.